The lowest BCUT2D eigenvalue weighted by Crippen LogP contribution is -2.42. The normalized spacial score (nSPS) is 23.2. The van der Waals surface area contributed by atoms with E-state index >= 15 is 0 Å². The molecule has 0 unspecified atom stereocenters. The monoisotopic (exact) mass is 295 g/mol. The Bertz CT molecular complexity index is 382. The summed E-state index contributed by atoms with van der Waals surface area (Å²) in [5.41, 5.74) is -0.892. The fourth-order valence-corrected chi connectivity index (χ4v) is 2.48. The van der Waals surface area contributed by atoms with E-state index in [1.54, 1.807) is 6.92 Å². The number of carbonyl (C=O) groups is 2. The largest absolute Gasteiger partial charge is 0.466 e. The molecule has 116 valence electrons. The molecule has 0 aromatic rings. The van der Waals surface area contributed by atoms with Gasteiger partial charge in [0.05, 0.1) is 12.0 Å². The average molecular weight is 295 g/mol. The van der Waals surface area contributed by atoms with Gasteiger partial charge in [0.15, 0.2) is 0 Å². The van der Waals surface area contributed by atoms with Gasteiger partial charge in [-0.1, -0.05) is 13.8 Å². The van der Waals surface area contributed by atoms with Crippen molar-refractivity contribution in [2.24, 2.45) is 11.3 Å². The van der Waals surface area contributed by atoms with Gasteiger partial charge in [0.1, 0.15) is 6.42 Å². The maximum atomic E-state index is 12.3. The van der Waals surface area contributed by atoms with E-state index < -0.39 is 29.9 Å². The zero-order valence-electron chi connectivity index (χ0n) is 11.9. The molecule has 0 bridgehead atoms. The molecule has 0 saturated carbocycles. The smallest absolute Gasteiger partial charge is 0.397 e. The topological polar surface area (TPSA) is 46.6 Å². The van der Waals surface area contributed by atoms with Crippen molar-refractivity contribution in [2.75, 3.05) is 19.7 Å². The first-order valence-corrected chi connectivity index (χ1v) is 6.64. The number of carbonyl (C=O) groups excluding carboxylic acids is 2. The zero-order valence-corrected chi connectivity index (χ0v) is 11.9. The summed E-state index contributed by atoms with van der Waals surface area (Å²) < 4.78 is 41.8. The van der Waals surface area contributed by atoms with Crippen LogP contribution in [0.25, 0.3) is 0 Å². The molecule has 0 N–H and O–H groups in total. The standard InChI is InChI=1S/C13H20F3NO3/c1-4-20-11(19)12(9(2)3)5-6-17(8-12)10(18)7-13(14,15)16/h9H,4-8H2,1-3H3/t12-/m0/s1. The summed E-state index contributed by atoms with van der Waals surface area (Å²) in [4.78, 5) is 24.8. The van der Waals surface area contributed by atoms with Crippen molar-refractivity contribution in [1.82, 2.24) is 4.90 Å². The molecule has 0 aliphatic carbocycles. The van der Waals surface area contributed by atoms with Gasteiger partial charge in [-0.25, -0.2) is 0 Å². The molecule has 0 aromatic carbocycles. The van der Waals surface area contributed by atoms with Crippen LogP contribution in [0.2, 0.25) is 0 Å². The lowest BCUT2D eigenvalue weighted by atomic mass is 9.76. The van der Waals surface area contributed by atoms with Crippen LogP contribution in [-0.4, -0.2) is 42.6 Å². The van der Waals surface area contributed by atoms with Gasteiger partial charge in [0.25, 0.3) is 0 Å². The van der Waals surface area contributed by atoms with Gasteiger partial charge in [0, 0.05) is 13.1 Å². The number of amides is 1. The predicted molar refractivity (Wildman–Crippen MR) is 65.8 cm³/mol. The lowest BCUT2D eigenvalue weighted by Gasteiger charge is -2.30. The highest BCUT2D eigenvalue weighted by atomic mass is 19.4. The SMILES string of the molecule is CCOC(=O)[C@@]1(C(C)C)CCN(C(=O)CC(F)(F)F)C1. The van der Waals surface area contributed by atoms with E-state index in [1.165, 1.54) is 0 Å². The van der Waals surface area contributed by atoms with Crippen LogP contribution in [0.1, 0.15) is 33.6 Å². The van der Waals surface area contributed by atoms with Gasteiger partial charge in [-0.2, -0.15) is 13.2 Å². The highest BCUT2D eigenvalue weighted by Crippen LogP contribution is 2.39. The van der Waals surface area contributed by atoms with Crippen molar-refractivity contribution in [3.05, 3.63) is 0 Å². The van der Waals surface area contributed by atoms with Crippen LogP contribution in [0, 0.1) is 11.3 Å². The summed E-state index contributed by atoms with van der Waals surface area (Å²) in [6.45, 7) is 5.67. The van der Waals surface area contributed by atoms with Crippen LogP contribution < -0.4 is 0 Å². The fourth-order valence-electron chi connectivity index (χ4n) is 2.48. The molecule has 1 rings (SSSR count). The molecule has 1 fully saturated rings. The minimum atomic E-state index is -4.52. The lowest BCUT2D eigenvalue weighted by molar-refractivity contribution is -0.162. The first-order valence-electron chi connectivity index (χ1n) is 6.64. The van der Waals surface area contributed by atoms with Crippen LogP contribution >= 0.6 is 0 Å². The number of ether oxygens (including phenoxy) is 1. The van der Waals surface area contributed by atoms with E-state index in [0.717, 1.165) is 4.90 Å². The van der Waals surface area contributed by atoms with Gasteiger partial charge in [-0.05, 0) is 19.3 Å². The van der Waals surface area contributed by atoms with Crippen molar-refractivity contribution in [3.63, 3.8) is 0 Å². The van der Waals surface area contributed by atoms with E-state index in [0.29, 0.717) is 6.42 Å². The highest BCUT2D eigenvalue weighted by Gasteiger charge is 2.50. The Hall–Kier alpha value is -1.27. The quantitative estimate of drug-likeness (QED) is 0.748. The first-order chi connectivity index (χ1) is 9.12. The third-order valence-corrected chi connectivity index (χ3v) is 3.79. The number of esters is 1. The Morgan fingerprint density at radius 3 is 2.40 bits per heavy atom. The fraction of sp³-hybridized carbons (Fsp3) is 0.846. The number of halogens is 3. The number of alkyl halides is 3. The molecule has 7 heteroatoms. The van der Waals surface area contributed by atoms with Crippen molar-refractivity contribution in [1.29, 1.82) is 0 Å². The Kier molecular flexibility index (Phi) is 5.05. The Balaban J connectivity index is 2.80. The molecule has 4 nitrogen and oxygen atoms in total. The molecule has 1 amide bonds. The molecule has 1 heterocycles. The second-order valence-electron chi connectivity index (χ2n) is 5.39. The van der Waals surface area contributed by atoms with Crippen molar-refractivity contribution >= 4 is 11.9 Å². The second-order valence-corrected chi connectivity index (χ2v) is 5.39. The van der Waals surface area contributed by atoms with Crippen LogP contribution in [0.3, 0.4) is 0 Å². The molecular weight excluding hydrogens is 275 g/mol. The molecule has 0 radical (unpaired) electrons. The van der Waals surface area contributed by atoms with Crippen LogP contribution in [0.15, 0.2) is 0 Å². The summed E-state index contributed by atoms with van der Waals surface area (Å²) in [5, 5.41) is 0. The average Bonchev–Trinajstić information content (AvgIpc) is 2.73. The molecule has 1 saturated heterocycles. The third kappa shape index (κ3) is 3.64. The Morgan fingerprint density at radius 2 is 1.95 bits per heavy atom. The van der Waals surface area contributed by atoms with E-state index in [-0.39, 0.29) is 25.6 Å². The van der Waals surface area contributed by atoms with Gasteiger partial charge < -0.3 is 9.64 Å². The molecule has 1 atom stereocenters. The van der Waals surface area contributed by atoms with Crippen molar-refractivity contribution in [3.8, 4) is 0 Å². The molecule has 1 aliphatic heterocycles. The van der Waals surface area contributed by atoms with E-state index in [1.807, 2.05) is 13.8 Å². The summed E-state index contributed by atoms with van der Waals surface area (Å²) in [7, 11) is 0. The van der Waals surface area contributed by atoms with Gasteiger partial charge in [-0.3, -0.25) is 9.59 Å². The number of rotatable bonds is 4. The minimum Gasteiger partial charge on any atom is -0.466 e. The van der Waals surface area contributed by atoms with Gasteiger partial charge >= 0.3 is 12.1 Å². The minimum absolute atomic E-state index is 0.00157. The first kappa shape index (κ1) is 16.8. The summed E-state index contributed by atoms with van der Waals surface area (Å²) in [6.07, 6.45) is -5.67. The maximum Gasteiger partial charge on any atom is 0.397 e. The molecule has 20 heavy (non-hydrogen) atoms. The summed E-state index contributed by atoms with van der Waals surface area (Å²) in [5.74, 6) is -1.52. The van der Waals surface area contributed by atoms with E-state index in [4.69, 9.17) is 4.74 Å². The Labute approximate surface area is 116 Å². The van der Waals surface area contributed by atoms with Crippen LogP contribution in [0.4, 0.5) is 13.2 Å². The van der Waals surface area contributed by atoms with Crippen LogP contribution in [-0.2, 0) is 14.3 Å². The molecule has 0 spiro atoms. The summed E-state index contributed by atoms with van der Waals surface area (Å²) in [6, 6.07) is 0. The summed E-state index contributed by atoms with van der Waals surface area (Å²) >= 11 is 0. The van der Waals surface area contributed by atoms with E-state index in [9.17, 15) is 22.8 Å². The van der Waals surface area contributed by atoms with Crippen molar-refractivity contribution in [2.45, 2.75) is 39.8 Å². The number of likely N-dealkylation sites (tertiary alicyclic amines) is 1. The van der Waals surface area contributed by atoms with Gasteiger partial charge in [0.2, 0.25) is 5.91 Å². The molecule has 1 aliphatic rings. The number of hydrogen-bond donors (Lipinski definition) is 0. The predicted octanol–water partition coefficient (Wildman–Crippen LogP) is 2.38. The maximum absolute atomic E-state index is 12.3. The highest BCUT2D eigenvalue weighted by molar-refractivity contribution is 5.82. The van der Waals surface area contributed by atoms with Gasteiger partial charge in [-0.15, -0.1) is 0 Å². The number of nitrogens with zero attached hydrogens (tertiary/aromatic N) is 1. The Morgan fingerprint density at radius 1 is 1.35 bits per heavy atom. The van der Waals surface area contributed by atoms with Crippen LogP contribution in [0.5, 0.6) is 0 Å². The second kappa shape index (κ2) is 6.01. The number of hydrogen-bond acceptors (Lipinski definition) is 3. The zero-order chi connectivity index (χ0) is 15.6. The van der Waals surface area contributed by atoms with E-state index in [2.05, 4.69) is 0 Å². The third-order valence-electron chi connectivity index (χ3n) is 3.79. The van der Waals surface area contributed by atoms with Crippen molar-refractivity contribution < 1.29 is 27.5 Å². The molecular formula is C13H20F3NO3. The molecule has 0 aromatic heterocycles.